The summed E-state index contributed by atoms with van der Waals surface area (Å²) < 4.78 is 16.9. The number of carbonyl (C=O) groups excluding carboxylic acids is 1. The highest BCUT2D eigenvalue weighted by molar-refractivity contribution is 5.85. The number of likely N-dealkylation sites (tertiary alicyclic amines) is 1. The van der Waals surface area contributed by atoms with Gasteiger partial charge in [0.1, 0.15) is 11.6 Å². The maximum absolute atomic E-state index is 14.4. The minimum Gasteiger partial charge on any atom is -0.341 e. The molecule has 7 heteroatoms. The van der Waals surface area contributed by atoms with Crippen LogP contribution in [0, 0.1) is 12.7 Å². The number of fused-ring (bicyclic) bond motifs is 3. The molecular weight excluding hydrogens is 489 g/mol. The average Bonchev–Trinajstić information content (AvgIpc) is 3.37. The first kappa shape index (κ1) is 26.5. The Morgan fingerprint density at radius 3 is 2.41 bits per heavy atom. The molecule has 3 saturated heterocycles. The van der Waals surface area contributed by atoms with Crippen molar-refractivity contribution in [3.8, 4) is 0 Å². The van der Waals surface area contributed by atoms with E-state index in [1.54, 1.807) is 19.9 Å². The van der Waals surface area contributed by atoms with Crippen LogP contribution < -0.4 is 5.73 Å². The van der Waals surface area contributed by atoms with Gasteiger partial charge in [0.15, 0.2) is 0 Å². The zero-order valence-electron chi connectivity index (χ0n) is 23.6. The van der Waals surface area contributed by atoms with Crippen molar-refractivity contribution >= 4 is 16.9 Å². The molecule has 2 atom stereocenters. The molecule has 1 aromatic heterocycles. The van der Waals surface area contributed by atoms with Crippen LogP contribution in [-0.2, 0) is 10.2 Å². The number of nitrogens with two attached hydrogens (primary N) is 1. The zero-order valence-corrected chi connectivity index (χ0v) is 23.6. The van der Waals surface area contributed by atoms with Gasteiger partial charge in [-0.1, -0.05) is 24.3 Å². The lowest BCUT2D eigenvalue weighted by molar-refractivity contribution is -0.137. The summed E-state index contributed by atoms with van der Waals surface area (Å²) in [5.74, 6) is 0.927. The first-order valence-corrected chi connectivity index (χ1v) is 14.7. The summed E-state index contributed by atoms with van der Waals surface area (Å²) in [7, 11) is 0. The van der Waals surface area contributed by atoms with E-state index in [9.17, 15) is 9.18 Å². The lowest BCUT2D eigenvalue weighted by Crippen LogP contribution is -2.55. The van der Waals surface area contributed by atoms with Crippen LogP contribution in [0.2, 0.25) is 0 Å². The van der Waals surface area contributed by atoms with Crippen LogP contribution in [0.25, 0.3) is 11.0 Å². The molecule has 1 amide bonds. The van der Waals surface area contributed by atoms with E-state index in [0.29, 0.717) is 31.2 Å². The van der Waals surface area contributed by atoms with Crippen LogP contribution in [0.4, 0.5) is 4.39 Å². The molecule has 39 heavy (non-hydrogen) atoms. The smallest absolute Gasteiger partial charge is 0.242 e. The van der Waals surface area contributed by atoms with Gasteiger partial charge in [-0.15, -0.1) is 0 Å². The molecule has 2 N–H and O–H groups in total. The van der Waals surface area contributed by atoms with Crippen molar-refractivity contribution in [3.05, 3.63) is 65.7 Å². The molecule has 3 aliphatic heterocycles. The van der Waals surface area contributed by atoms with Gasteiger partial charge in [-0.05, 0) is 108 Å². The molecule has 2 bridgehead atoms. The molecule has 0 radical (unpaired) electrons. The second-order valence-electron chi connectivity index (χ2n) is 12.8. The van der Waals surface area contributed by atoms with E-state index < -0.39 is 5.54 Å². The largest absolute Gasteiger partial charge is 0.341 e. The lowest BCUT2D eigenvalue weighted by atomic mass is 9.70. The number of amides is 1. The fraction of sp³-hybridized carbons (Fsp3) is 0.562. The highest BCUT2D eigenvalue weighted by Crippen LogP contribution is 2.45. The Morgan fingerprint density at radius 2 is 1.74 bits per heavy atom. The highest BCUT2D eigenvalue weighted by atomic mass is 19.1. The number of halogens is 1. The van der Waals surface area contributed by atoms with E-state index in [-0.39, 0.29) is 17.1 Å². The Hall–Kier alpha value is -2.77. The number of benzene rings is 2. The highest BCUT2D eigenvalue weighted by Gasteiger charge is 2.44. The summed E-state index contributed by atoms with van der Waals surface area (Å²) in [5.41, 5.74) is 8.54. The van der Waals surface area contributed by atoms with Crippen molar-refractivity contribution in [2.75, 3.05) is 19.6 Å². The minimum absolute atomic E-state index is 0.00206. The van der Waals surface area contributed by atoms with Gasteiger partial charge >= 0.3 is 0 Å². The molecule has 6 nitrogen and oxygen atoms in total. The summed E-state index contributed by atoms with van der Waals surface area (Å²) in [5, 5.41) is 0. The van der Waals surface area contributed by atoms with Crippen molar-refractivity contribution in [1.82, 2.24) is 19.4 Å². The molecule has 208 valence electrons. The molecule has 0 aliphatic carbocycles. The van der Waals surface area contributed by atoms with Crippen LogP contribution in [0.5, 0.6) is 0 Å². The lowest BCUT2D eigenvalue weighted by Gasteiger charge is -2.46. The molecule has 3 aromatic rings. The SMILES string of the molecule is Cc1nc2ccccc2n1C1CC2CCC(C1)N2CCC1(c2cccc(F)c2)CCN(C(=O)C(C)(C)N)CC1. The molecule has 0 spiro atoms. The normalized spacial score (nSPS) is 25.4. The molecule has 4 heterocycles. The van der Waals surface area contributed by atoms with E-state index in [1.807, 2.05) is 11.0 Å². The fourth-order valence-electron chi connectivity index (χ4n) is 7.84. The number of aromatic nitrogens is 2. The fourth-order valence-corrected chi connectivity index (χ4v) is 7.84. The minimum atomic E-state index is -0.874. The van der Waals surface area contributed by atoms with Gasteiger partial charge in [-0.25, -0.2) is 9.37 Å². The molecule has 2 unspecified atom stereocenters. The monoisotopic (exact) mass is 531 g/mol. The van der Waals surface area contributed by atoms with Crippen molar-refractivity contribution in [1.29, 1.82) is 0 Å². The first-order chi connectivity index (χ1) is 18.6. The molecule has 0 saturated carbocycles. The van der Waals surface area contributed by atoms with Gasteiger partial charge in [-0.3, -0.25) is 9.69 Å². The van der Waals surface area contributed by atoms with Crippen LogP contribution in [0.15, 0.2) is 48.5 Å². The third-order valence-electron chi connectivity index (χ3n) is 9.84. The summed E-state index contributed by atoms with van der Waals surface area (Å²) in [4.78, 5) is 22.4. The molecule has 3 fully saturated rings. The summed E-state index contributed by atoms with van der Waals surface area (Å²) in [6.07, 6.45) is 7.45. The van der Waals surface area contributed by atoms with E-state index in [0.717, 1.165) is 55.6 Å². The Balaban J connectivity index is 1.19. The molecule has 3 aliphatic rings. The zero-order chi connectivity index (χ0) is 27.4. The number of aryl methyl sites for hydroxylation is 1. The molecular formula is C32H42FN5O. The second-order valence-corrected chi connectivity index (χ2v) is 12.8. The third-order valence-corrected chi connectivity index (χ3v) is 9.84. The predicted octanol–water partition coefficient (Wildman–Crippen LogP) is 5.34. The van der Waals surface area contributed by atoms with Gasteiger partial charge < -0.3 is 15.2 Å². The number of rotatable bonds is 6. The van der Waals surface area contributed by atoms with E-state index in [4.69, 9.17) is 10.7 Å². The van der Waals surface area contributed by atoms with Gasteiger partial charge in [0.05, 0.1) is 16.6 Å². The van der Waals surface area contributed by atoms with Crippen LogP contribution in [0.1, 0.15) is 76.2 Å². The first-order valence-electron chi connectivity index (χ1n) is 14.7. The van der Waals surface area contributed by atoms with Gasteiger partial charge in [0.2, 0.25) is 5.91 Å². The second kappa shape index (κ2) is 10.0. The van der Waals surface area contributed by atoms with Gasteiger partial charge in [0, 0.05) is 31.2 Å². The number of hydrogen-bond acceptors (Lipinski definition) is 4. The summed E-state index contributed by atoms with van der Waals surface area (Å²) in [6.45, 7) is 8.03. The number of carbonyl (C=O) groups is 1. The number of para-hydroxylation sites is 2. The van der Waals surface area contributed by atoms with Gasteiger partial charge in [-0.2, -0.15) is 0 Å². The maximum Gasteiger partial charge on any atom is 0.242 e. The number of piperidine rings is 2. The van der Waals surface area contributed by atoms with Crippen LogP contribution in [-0.4, -0.2) is 62.5 Å². The Bertz CT molecular complexity index is 1340. The maximum atomic E-state index is 14.4. The topological polar surface area (TPSA) is 67.4 Å². The number of nitrogens with zero attached hydrogens (tertiary/aromatic N) is 4. The van der Waals surface area contributed by atoms with Crippen molar-refractivity contribution in [2.24, 2.45) is 5.73 Å². The van der Waals surface area contributed by atoms with Crippen molar-refractivity contribution in [2.45, 2.75) is 94.8 Å². The van der Waals surface area contributed by atoms with Crippen molar-refractivity contribution in [3.63, 3.8) is 0 Å². The number of imidazole rings is 1. The predicted molar refractivity (Wildman–Crippen MR) is 153 cm³/mol. The van der Waals surface area contributed by atoms with Crippen LogP contribution >= 0.6 is 0 Å². The molecule has 2 aromatic carbocycles. The van der Waals surface area contributed by atoms with E-state index >= 15 is 0 Å². The summed E-state index contributed by atoms with van der Waals surface area (Å²) in [6, 6.07) is 17.3. The Labute approximate surface area is 231 Å². The quantitative estimate of drug-likeness (QED) is 0.466. The standard InChI is InChI=1S/C32H42FN5O/c1-22-35-28-9-4-5-10-29(28)38(22)27-20-25-11-12-26(21-27)37(25)18-15-32(23-7-6-8-24(33)19-23)13-16-36(17-14-32)30(39)31(2,3)34/h4-10,19,25-27H,11-18,20-21,34H2,1-3H3. The van der Waals surface area contributed by atoms with E-state index in [1.165, 1.54) is 24.4 Å². The van der Waals surface area contributed by atoms with Crippen molar-refractivity contribution < 1.29 is 9.18 Å². The number of hydrogen-bond donors (Lipinski definition) is 1. The Morgan fingerprint density at radius 1 is 1.05 bits per heavy atom. The average molecular weight is 532 g/mol. The Kier molecular flexibility index (Phi) is 6.79. The third kappa shape index (κ3) is 4.89. The van der Waals surface area contributed by atoms with Crippen LogP contribution in [0.3, 0.4) is 0 Å². The summed E-state index contributed by atoms with van der Waals surface area (Å²) >= 11 is 0. The van der Waals surface area contributed by atoms with E-state index in [2.05, 4.69) is 46.7 Å². The molecule has 6 rings (SSSR count). The van der Waals surface area contributed by atoms with Gasteiger partial charge in [0.25, 0.3) is 0 Å².